The summed E-state index contributed by atoms with van der Waals surface area (Å²) in [5, 5.41) is 2.45. The van der Waals surface area contributed by atoms with Crippen LogP contribution in [-0.4, -0.2) is 21.5 Å². The highest BCUT2D eigenvalue weighted by Crippen LogP contribution is 2.39. The second kappa shape index (κ2) is 13.8. The Kier molecular flexibility index (Phi) is 8.83. The molecule has 4 heteroatoms. The van der Waals surface area contributed by atoms with Gasteiger partial charge in [-0.2, -0.15) is 0 Å². The van der Waals surface area contributed by atoms with Crippen molar-refractivity contribution in [3.8, 4) is 11.4 Å². The Bertz CT molecular complexity index is 2110. The fourth-order valence-corrected chi connectivity index (χ4v) is 6.35. The molecule has 0 amide bonds. The van der Waals surface area contributed by atoms with E-state index in [4.69, 9.17) is 15.0 Å². The lowest BCUT2D eigenvalue weighted by Gasteiger charge is -2.28. The van der Waals surface area contributed by atoms with Gasteiger partial charge in [-0.3, -0.25) is 0 Å². The number of aromatic nitrogens is 3. The fourth-order valence-electron chi connectivity index (χ4n) is 6.35. The van der Waals surface area contributed by atoms with Crippen LogP contribution in [0.3, 0.4) is 0 Å². The minimum Gasteiger partial charge on any atom is -0.337 e. The number of hydrogen-bond acceptors (Lipinski definition) is 4. The lowest BCUT2D eigenvalue weighted by molar-refractivity contribution is 0.954. The van der Waals surface area contributed by atoms with E-state index >= 15 is 0 Å². The van der Waals surface area contributed by atoms with Gasteiger partial charge in [-0.25, -0.2) is 15.0 Å². The Hall–Kier alpha value is -5.61. The number of rotatable bonds is 6. The summed E-state index contributed by atoms with van der Waals surface area (Å²) in [7, 11) is 0. The maximum atomic E-state index is 5.18. The van der Waals surface area contributed by atoms with Gasteiger partial charge in [0, 0.05) is 28.9 Å². The molecule has 0 spiro atoms. The van der Waals surface area contributed by atoms with E-state index < -0.39 is 0 Å². The first-order valence-electron chi connectivity index (χ1n) is 16.4. The van der Waals surface area contributed by atoms with E-state index in [2.05, 4.69) is 145 Å². The molecule has 0 unspecified atom stereocenters. The third-order valence-electron chi connectivity index (χ3n) is 8.79. The van der Waals surface area contributed by atoms with E-state index in [-0.39, 0.29) is 0 Å². The fraction of sp³-hybridized carbons (Fsp3) is 0.140. The van der Waals surface area contributed by atoms with E-state index in [1.165, 1.54) is 33.2 Å². The summed E-state index contributed by atoms with van der Waals surface area (Å²) in [6.45, 7) is 4.80. The number of fused-ring (bicyclic) bond motifs is 2. The topological polar surface area (TPSA) is 41.9 Å². The lowest BCUT2D eigenvalue weighted by atomic mass is 9.97. The van der Waals surface area contributed by atoms with Crippen LogP contribution in [-0.2, 0) is 6.42 Å². The van der Waals surface area contributed by atoms with Gasteiger partial charge in [0.1, 0.15) is 0 Å². The highest BCUT2D eigenvalue weighted by Gasteiger charge is 2.22. The van der Waals surface area contributed by atoms with Crippen LogP contribution in [0, 0.1) is 0 Å². The molecule has 7 rings (SSSR count). The predicted octanol–water partition coefficient (Wildman–Crippen LogP) is 10.7. The van der Waals surface area contributed by atoms with Gasteiger partial charge in [-0.15, -0.1) is 0 Å². The van der Waals surface area contributed by atoms with Crippen LogP contribution in [0.5, 0.6) is 0 Å². The molecule has 0 bridgehead atoms. The Balaban J connectivity index is 1.46. The summed E-state index contributed by atoms with van der Waals surface area (Å²) >= 11 is 0. The van der Waals surface area contributed by atoms with E-state index in [1.807, 2.05) is 19.1 Å². The normalized spacial score (nSPS) is 17.0. The summed E-state index contributed by atoms with van der Waals surface area (Å²) in [5.41, 5.74) is 9.08. The molecule has 5 aromatic rings. The van der Waals surface area contributed by atoms with Gasteiger partial charge in [0.05, 0.1) is 0 Å². The van der Waals surface area contributed by atoms with Gasteiger partial charge in [0.25, 0.3) is 0 Å². The monoisotopic (exact) mass is 610 g/mol. The molecule has 4 aromatic carbocycles. The maximum Gasteiger partial charge on any atom is 0.164 e. The molecule has 0 atom stereocenters. The number of benzene rings is 4. The molecule has 4 nitrogen and oxygen atoms in total. The molecule has 0 fully saturated rings. The van der Waals surface area contributed by atoms with Gasteiger partial charge >= 0.3 is 0 Å². The molecule has 0 saturated carbocycles. The molecule has 1 aromatic heterocycles. The van der Waals surface area contributed by atoms with Crippen molar-refractivity contribution in [3.05, 3.63) is 168 Å². The minimum atomic E-state index is 0.699. The minimum absolute atomic E-state index is 0.699. The average molecular weight is 611 g/mol. The molecule has 47 heavy (non-hydrogen) atoms. The van der Waals surface area contributed by atoms with E-state index in [9.17, 15) is 0 Å². The first kappa shape index (κ1) is 30.1. The predicted molar refractivity (Wildman–Crippen MR) is 198 cm³/mol. The lowest BCUT2D eigenvalue weighted by Crippen LogP contribution is -2.19. The summed E-state index contributed by atoms with van der Waals surface area (Å²) < 4.78 is 0. The smallest absolute Gasteiger partial charge is 0.164 e. The second-order valence-corrected chi connectivity index (χ2v) is 11.9. The van der Waals surface area contributed by atoms with Gasteiger partial charge in [0.2, 0.25) is 0 Å². The molecule has 0 N–H and O–H groups in total. The van der Waals surface area contributed by atoms with Crippen molar-refractivity contribution in [1.82, 2.24) is 15.0 Å². The van der Waals surface area contributed by atoms with Crippen LogP contribution in [0.4, 0.5) is 11.4 Å². The zero-order chi connectivity index (χ0) is 32.0. The molecule has 2 aliphatic rings. The van der Waals surface area contributed by atoms with Gasteiger partial charge in [0.15, 0.2) is 17.5 Å². The largest absolute Gasteiger partial charge is 0.337 e. The molecular formula is C43H38N4. The summed E-state index contributed by atoms with van der Waals surface area (Å²) in [4.78, 5) is 17.7. The molecular weight excluding hydrogens is 573 g/mol. The SMILES string of the molecule is C/C=C\C=C(/C)c1nc(C2=CC=CCC2)nc(-c2cccc3c2C/C=C(c2ccccc2)\C=C/CN3c2cccc3ccccc23)n1. The van der Waals surface area contributed by atoms with Gasteiger partial charge < -0.3 is 4.90 Å². The zero-order valence-electron chi connectivity index (χ0n) is 27.0. The Labute approximate surface area is 277 Å². The number of allylic oxidation sites excluding steroid dienone is 11. The van der Waals surface area contributed by atoms with Crippen molar-refractivity contribution in [2.45, 2.75) is 33.1 Å². The summed E-state index contributed by atoms with van der Waals surface area (Å²) in [6, 6.07) is 32.4. The summed E-state index contributed by atoms with van der Waals surface area (Å²) in [6.07, 6.45) is 22.1. The molecule has 1 aliphatic carbocycles. The second-order valence-electron chi connectivity index (χ2n) is 11.9. The first-order chi connectivity index (χ1) is 23.2. The highest BCUT2D eigenvalue weighted by atomic mass is 15.1. The van der Waals surface area contributed by atoms with Crippen LogP contribution < -0.4 is 4.90 Å². The van der Waals surface area contributed by atoms with Crippen LogP contribution in [0.1, 0.15) is 49.5 Å². The van der Waals surface area contributed by atoms with Crippen molar-refractivity contribution < 1.29 is 0 Å². The molecule has 0 saturated heterocycles. The van der Waals surface area contributed by atoms with Crippen molar-refractivity contribution in [3.63, 3.8) is 0 Å². The number of anilines is 2. The van der Waals surface area contributed by atoms with Crippen molar-refractivity contribution in [1.29, 1.82) is 0 Å². The van der Waals surface area contributed by atoms with Crippen molar-refractivity contribution >= 4 is 38.9 Å². The van der Waals surface area contributed by atoms with E-state index in [0.717, 1.165) is 47.5 Å². The third-order valence-corrected chi connectivity index (χ3v) is 8.79. The summed E-state index contributed by atoms with van der Waals surface area (Å²) in [5.74, 6) is 2.15. The van der Waals surface area contributed by atoms with Crippen LogP contribution in [0.25, 0.3) is 38.9 Å². The quantitative estimate of drug-likeness (QED) is 0.179. The maximum absolute atomic E-state index is 5.18. The Morgan fingerprint density at radius 3 is 2.43 bits per heavy atom. The van der Waals surface area contributed by atoms with E-state index in [1.54, 1.807) is 0 Å². The molecule has 0 radical (unpaired) electrons. The van der Waals surface area contributed by atoms with Crippen molar-refractivity contribution in [2.75, 3.05) is 11.4 Å². The standard InChI is InChI=1S/C43H38N4/c1-3-4-16-31(2)41-44-42(35-20-9-6-10-21-35)46-43(45-41)38-25-14-27-40-37(38)29-28-33(32-17-7-5-8-18-32)23-15-30-47(40)39-26-13-22-34-19-11-12-24-36(34)39/h3-9,11-20,22-28H,10,21,29-30H2,1-2H3/b4-3-,23-15-,31-16+,33-28+. The molecule has 2 heterocycles. The zero-order valence-corrected chi connectivity index (χ0v) is 27.0. The van der Waals surface area contributed by atoms with E-state index in [0.29, 0.717) is 18.2 Å². The van der Waals surface area contributed by atoms with Crippen LogP contribution in [0.2, 0.25) is 0 Å². The van der Waals surface area contributed by atoms with Crippen LogP contribution in [0.15, 0.2) is 146 Å². The number of hydrogen-bond donors (Lipinski definition) is 0. The molecule has 1 aliphatic heterocycles. The van der Waals surface area contributed by atoms with Crippen LogP contribution >= 0.6 is 0 Å². The first-order valence-corrected chi connectivity index (χ1v) is 16.4. The highest BCUT2D eigenvalue weighted by molar-refractivity contribution is 5.97. The average Bonchev–Trinajstić information content (AvgIpc) is 3.23. The number of nitrogens with zero attached hydrogens (tertiary/aromatic N) is 4. The van der Waals surface area contributed by atoms with Crippen molar-refractivity contribution in [2.24, 2.45) is 0 Å². The van der Waals surface area contributed by atoms with Gasteiger partial charge in [-0.1, -0.05) is 134 Å². The Morgan fingerprint density at radius 2 is 1.57 bits per heavy atom. The Morgan fingerprint density at radius 1 is 0.787 bits per heavy atom. The van der Waals surface area contributed by atoms with Gasteiger partial charge in [-0.05, 0) is 78.5 Å². The molecule has 230 valence electrons. The third kappa shape index (κ3) is 6.41.